The van der Waals surface area contributed by atoms with Crippen molar-refractivity contribution in [3.05, 3.63) is 54.1 Å². The molecule has 0 aromatic heterocycles. The molecule has 0 spiro atoms. The summed E-state index contributed by atoms with van der Waals surface area (Å²) in [5.41, 5.74) is 4.57. The molecule has 0 radical (unpaired) electrons. The summed E-state index contributed by atoms with van der Waals surface area (Å²) in [7, 11) is 1.62. The molecule has 2 aromatic carbocycles. The van der Waals surface area contributed by atoms with Gasteiger partial charge in [0.25, 0.3) is 0 Å². The van der Waals surface area contributed by atoms with Crippen LogP contribution in [-0.4, -0.2) is 25.0 Å². The molecule has 0 aliphatic heterocycles. The highest BCUT2D eigenvalue weighted by Crippen LogP contribution is 2.27. The summed E-state index contributed by atoms with van der Waals surface area (Å²) in [6, 6.07) is 15.3. The minimum Gasteiger partial charge on any atom is -0.493 e. The molecule has 0 saturated carbocycles. The lowest BCUT2D eigenvalue weighted by atomic mass is 10.2. The van der Waals surface area contributed by atoms with Crippen molar-refractivity contribution < 1.29 is 9.47 Å². The predicted octanol–water partition coefficient (Wildman–Crippen LogP) is 3.80. The molecule has 2 rings (SSSR count). The second-order valence-corrected chi connectivity index (χ2v) is 5.36. The van der Waals surface area contributed by atoms with E-state index in [2.05, 4.69) is 22.8 Å². The van der Waals surface area contributed by atoms with Crippen LogP contribution in [0.5, 0.6) is 11.5 Å². The molecule has 126 valence electrons. The molecule has 2 aromatic rings. The summed E-state index contributed by atoms with van der Waals surface area (Å²) in [6.45, 7) is 2.72. The maximum atomic E-state index is 5.63. The van der Waals surface area contributed by atoms with Crippen LogP contribution in [0.2, 0.25) is 0 Å². The molecule has 24 heavy (non-hydrogen) atoms. The predicted molar refractivity (Wildman–Crippen MR) is 102 cm³/mol. The zero-order chi connectivity index (χ0) is 17.2. The Morgan fingerprint density at radius 1 is 1.17 bits per heavy atom. The first-order valence-electron chi connectivity index (χ1n) is 7.69. The fourth-order valence-corrected chi connectivity index (χ4v) is 2.11. The standard InChI is InChI=1S/C18H21N3O2S/c1-3-11-23-16-10-9-14(12-17(16)22-2)13-19-21-18(24)20-15-7-5-4-6-8-15/h4-10,12-13H,3,11H2,1-2H3,(H2,20,21,24)/b19-13-. The van der Waals surface area contributed by atoms with E-state index < -0.39 is 0 Å². The van der Waals surface area contributed by atoms with Crippen molar-refractivity contribution in [1.82, 2.24) is 5.43 Å². The Bertz CT molecular complexity index is 690. The number of hydrogen-bond donors (Lipinski definition) is 2. The Kier molecular flexibility index (Phi) is 7.04. The summed E-state index contributed by atoms with van der Waals surface area (Å²) < 4.78 is 11.0. The average Bonchev–Trinajstić information content (AvgIpc) is 2.61. The lowest BCUT2D eigenvalue weighted by Gasteiger charge is -2.10. The summed E-state index contributed by atoms with van der Waals surface area (Å²) in [5, 5.41) is 7.60. The number of para-hydroxylation sites is 1. The Morgan fingerprint density at radius 2 is 1.96 bits per heavy atom. The molecular formula is C18H21N3O2S. The number of hydrogen-bond acceptors (Lipinski definition) is 4. The Labute approximate surface area is 147 Å². The van der Waals surface area contributed by atoms with Crippen molar-refractivity contribution in [2.24, 2.45) is 5.10 Å². The van der Waals surface area contributed by atoms with Crippen molar-refractivity contribution in [1.29, 1.82) is 0 Å². The van der Waals surface area contributed by atoms with Crippen LogP contribution >= 0.6 is 12.2 Å². The molecule has 2 N–H and O–H groups in total. The summed E-state index contributed by atoms with van der Waals surface area (Å²) >= 11 is 5.19. The second-order valence-electron chi connectivity index (χ2n) is 4.95. The third-order valence-electron chi connectivity index (χ3n) is 3.06. The normalized spacial score (nSPS) is 10.4. The van der Waals surface area contributed by atoms with Crippen LogP contribution in [0.4, 0.5) is 5.69 Å². The van der Waals surface area contributed by atoms with Gasteiger partial charge in [-0.15, -0.1) is 0 Å². The highest BCUT2D eigenvalue weighted by molar-refractivity contribution is 7.80. The number of methoxy groups -OCH3 is 1. The smallest absolute Gasteiger partial charge is 0.191 e. The minimum atomic E-state index is 0.423. The monoisotopic (exact) mass is 343 g/mol. The van der Waals surface area contributed by atoms with E-state index in [-0.39, 0.29) is 0 Å². The maximum absolute atomic E-state index is 5.63. The molecular weight excluding hydrogens is 322 g/mol. The number of rotatable bonds is 7. The molecule has 0 aliphatic rings. The molecule has 5 nitrogen and oxygen atoms in total. The lowest BCUT2D eigenvalue weighted by molar-refractivity contribution is 0.294. The molecule has 0 aliphatic carbocycles. The molecule has 0 heterocycles. The van der Waals surface area contributed by atoms with Crippen molar-refractivity contribution >= 4 is 29.2 Å². The number of thiocarbonyl (C=S) groups is 1. The van der Waals surface area contributed by atoms with Crippen LogP contribution in [0.1, 0.15) is 18.9 Å². The molecule has 0 bridgehead atoms. The number of nitrogens with zero attached hydrogens (tertiary/aromatic N) is 1. The van der Waals surface area contributed by atoms with E-state index in [1.54, 1.807) is 13.3 Å². The van der Waals surface area contributed by atoms with Gasteiger partial charge in [0, 0.05) is 5.69 Å². The van der Waals surface area contributed by atoms with Crippen LogP contribution in [0, 0.1) is 0 Å². The topological polar surface area (TPSA) is 54.9 Å². The van der Waals surface area contributed by atoms with Gasteiger partial charge in [0.05, 0.1) is 19.9 Å². The van der Waals surface area contributed by atoms with Gasteiger partial charge in [0.2, 0.25) is 0 Å². The Morgan fingerprint density at radius 3 is 2.67 bits per heavy atom. The van der Waals surface area contributed by atoms with Crippen LogP contribution in [0.3, 0.4) is 0 Å². The summed E-state index contributed by atoms with van der Waals surface area (Å²) in [5.74, 6) is 1.41. The zero-order valence-electron chi connectivity index (χ0n) is 13.8. The molecule has 0 unspecified atom stereocenters. The average molecular weight is 343 g/mol. The fourth-order valence-electron chi connectivity index (χ4n) is 1.94. The van der Waals surface area contributed by atoms with E-state index >= 15 is 0 Å². The molecule has 0 fully saturated rings. The zero-order valence-corrected chi connectivity index (χ0v) is 14.6. The Hall–Kier alpha value is -2.60. The van der Waals surface area contributed by atoms with Gasteiger partial charge in [-0.05, 0) is 54.5 Å². The second kappa shape index (κ2) is 9.52. The number of ether oxygens (including phenoxy) is 2. The Balaban J connectivity index is 1.92. The fraction of sp³-hybridized carbons (Fsp3) is 0.222. The van der Waals surface area contributed by atoms with Gasteiger partial charge in [0.1, 0.15) is 0 Å². The number of benzene rings is 2. The first kappa shape index (κ1) is 17.7. The molecule has 0 atom stereocenters. The lowest BCUT2D eigenvalue weighted by Crippen LogP contribution is -2.23. The summed E-state index contributed by atoms with van der Waals surface area (Å²) in [6.07, 6.45) is 2.62. The van der Waals surface area contributed by atoms with Crippen LogP contribution in [0.15, 0.2) is 53.6 Å². The van der Waals surface area contributed by atoms with E-state index in [9.17, 15) is 0 Å². The van der Waals surface area contributed by atoms with Crippen LogP contribution in [-0.2, 0) is 0 Å². The quantitative estimate of drug-likeness (QED) is 0.455. The van der Waals surface area contributed by atoms with E-state index in [4.69, 9.17) is 21.7 Å². The first-order valence-corrected chi connectivity index (χ1v) is 8.09. The number of anilines is 1. The molecule has 6 heteroatoms. The minimum absolute atomic E-state index is 0.423. The third kappa shape index (κ3) is 5.55. The van der Waals surface area contributed by atoms with E-state index in [1.165, 1.54) is 0 Å². The van der Waals surface area contributed by atoms with Gasteiger partial charge >= 0.3 is 0 Å². The van der Waals surface area contributed by atoms with Crippen molar-refractivity contribution in [2.45, 2.75) is 13.3 Å². The third-order valence-corrected chi connectivity index (χ3v) is 3.25. The highest BCUT2D eigenvalue weighted by Gasteiger charge is 2.04. The van der Waals surface area contributed by atoms with Gasteiger partial charge in [-0.1, -0.05) is 25.1 Å². The van der Waals surface area contributed by atoms with Crippen molar-refractivity contribution in [2.75, 3.05) is 19.0 Å². The van der Waals surface area contributed by atoms with Crippen molar-refractivity contribution in [3.8, 4) is 11.5 Å². The van der Waals surface area contributed by atoms with Gasteiger partial charge in [-0.3, -0.25) is 5.43 Å². The SMILES string of the molecule is CCCOc1ccc(/C=N\NC(=S)Nc2ccccc2)cc1OC. The van der Waals surface area contributed by atoms with Crippen molar-refractivity contribution in [3.63, 3.8) is 0 Å². The van der Waals surface area contributed by atoms with Crippen LogP contribution in [0.25, 0.3) is 0 Å². The van der Waals surface area contributed by atoms with Crippen LogP contribution < -0.4 is 20.2 Å². The number of hydrazone groups is 1. The maximum Gasteiger partial charge on any atom is 0.191 e. The summed E-state index contributed by atoms with van der Waals surface area (Å²) in [4.78, 5) is 0. The van der Waals surface area contributed by atoms with E-state index in [0.717, 1.165) is 23.4 Å². The molecule has 0 saturated heterocycles. The molecule has 0 amide bonds. The van der Waals surface area contributed by atoms with E-state index in [1.807, 2.05) is 48.5 Å². The van der Waals surface area contributed by atoms with Gasteiger partial charge in [-0.25, -0.2) is 0 Å². The van der Waals surface area contributed by atoms with E-state index in [0.29, 0.717) is 17.5 Å². The highest BCUT2D eigenvalue weighted by atomic mass is 32.1. The largest absolute Gasteiger partial charge is 0.493 e. The first-order chi connectivity index (χ1) is 11.7. The van der Waals surface area contributed by atoms with Gasteiger partial charge < -0.3 is 14.8 Å². The number of nitrogens with one attached hydrogen (secondary N) is 2. The van der Waals surface area contributed by atoms with Gasteiger partial charge in [-0.2, -0.15) is 5.10 Å². The van der Waals surface area contributed by atoms with Gasteiger partial charge in [0.15, 0.2) is 16.6 Å².